The van der Waals surface area contributed by atoms with E-state index in [1.54, 1.807) is 89.5 Å². The highest BCUT2D eigenvalue weighted by Gasteiger charge is 2.35. The molecule has 4 heterocycles. The maximum atomic E-state index is 13.9. The zero-order valence-corrected chi connectivity index (χ0v) is 43.9. The number of rotatable bonds is 15. The van der Waals surface area contributed by atoms with Gasteiger partial charge in [0, 0.05) is 64.2 Å². The summed E-state index contributed by atoms with van der Waals surface area (Å²) in [5, 5.41) is 3.59. The lowest BCUT2D eigenvalue weighted by atomic mass is 10.1. The molecule has 0 spiro atoms. The molecule has 0 radical (unpaired) electrons. The van der Waals surface area contributed by atoms with Crippen LogP contribution in [0, 0.1) is 0 Å². The molecule has 0 atom stereocenters. The van der Waals surface area contributed by atoms with Crippen molar-refractivity contribution in [3.63, 3.8) is 0 Å². The number of benzene rings is 2. The van der Waals surface area contributed by atoms with E-state index in [1.807, 2.05) is 48.5 Å². The summed E-state index contributed by atoms with van der Waals surface area (Å²) in [4.78, 5) is 82.0. The second-order valence-corrected chi connectivity index (χ2v) is 18.9. The molecular formula is C52H69BrN8O10. The van der Waals surface area contributed by atoms with Gasteiger partial charge >= 0.3 is 23.6 Å². The molecule has 71 heavy (non-hydrogen) atoms. The number of aromatic nitrogens is 4. The summed E-state index contributed by atoms with van der Waals surface area (Å²) in [6.45, 7) is 28.3. The van der Waals surface area contributed by atoms with E-state index >= 15 is 0 Å². The fourth-order valence-corrected chi connectivity index (χ4v) is 7.89. The average Bonchev–Trinajstić information content (AvgIpc) is 3.77. The molecule has 0 saturated heterocycles. The van der Waals surface area contributed by atoms with E-state index < -0.39 is 23.4 Å². The lowest BCUT2D eigenvalue weighted by molar-refractivity contribution is 0.0187. The van der Waals surface area contributed by atoms with Gasteiger partial charge in [0.15, 0.2) is 0 Å². The molecule has 4 aromatic rings. The third kappa shape index (κ3) is 15.2. The van der Waals surface area contributed by atoms with E-state index in [2.05, 4.69) is 47.6 Å². The first-order valence-electron chi connectivity index (χ1n) is 23.1. The van der Waals surface area contributed by atoms with E-state index in [0.29, 0.717) is 37.6 Å². The highest BCUT2D eigenvalue weighted by atomic mass is 79.9. The van der Waals surface area contributed by atoms with Crippen molar-refractivity contribution in [2.45, 2.75) is 104 Å². The topological polar surface area (TPSA) is 181 Å². The number of allylic oxidation sites excluding steroid dienone is 2. The molecule has 0 unspecified atom stereocenters. The number of carbonyl (C=O) groups excluding carboxylic acids is 4. The number of methoxy groups -OCH3 is 2. The van der Waals surface area contributed by atoms with E-state index in [0.717, 1.165) is 22.4 Å². The van der Waals surface area contributed by atoms with Crippen molar-refractivity contribution in [3.8, 4) is 11.5 Å². The highest BCUT2D eigenvalue weighted by molar-refractivity contribution is 9.08. The molecule has 18 nitrogen and oxygen atoms in total. The maximum absolute atomic E-state index is 13.9. The van der Waals surface area contributed by atoms with Crippen molar-refractivity contribution in [2.24, 2.45) is 0 Å². The molecular weight excluding hydrogens is 977 g/mol. The number of amides is 4. The Kier molecular flexibility index (Phi) is 20.5. The number of ether oxygens (including phenoxy) is 4. The predicted octanol–water partition coefficient (Wildman–Crippen LogP) is 7.52. The lowest BCUT2D eigenvalue weighted by Crippen LogP contribution is -2.43. The van der Waals surface area contributed by atoms with E-state index in [9.17, 15) is 28.8 Å². The van der Waals surface area contributed by atoms with Crippen molar-refractivity contribution in [3.05, 3.63) is 154 Å². The Morgan fingerprint density at radius 3 is 1.48 bits per heavy atom. The Balaban J connectivity index is 0.000000265. The number of carbonyl (C=O) groups is 4. The number of hydrogen-bond acceptors (Lipinski definition) is 10. The minimum absolute atomic E-state index is 0.0971. The summed E-state index contributed by atoms with van der Waals surface area (Å²) < 4.78 is 27.0. The molecule has 2 aliphatic heterocycles. The number of fused-ring (bicyclic) bond motifs is 2. The van der Waals surface area contributed by atoms with Crippen LogP contribution in [0.25, 0.3) is 0 Å². The maximum Gasteiger partial charge on any atom is 0.410 e. The van der Waals surface area contributed by atoms with Gasteiger partial charge in [-0.2, -0.15) is 0 Å². The van der Waals surface area contributed by atoms with Gasteiger partial charge in [0.2, 0.25) is 0 Å². The van der Waals surface area contributed by atoms with Crippen molar-refractivity contribution in [2.75, 3.05) is 40.4 Å². The van der Waals surface area contributed by atoms with Gasteiger partial charge in [0.05, 0.1) is 38.7 Å². The molecule has 6 rings (SSSR count). The standard InChI is InChI=1S/C26H34N4O5.C18H26N4O4.C8H9BrO/c1-7-13-27(17-19-9-11-20(34-6)12-10-19)23(31)22-21-18-28(25(33)35-26(3,4)5)15-16-29(21)24(32)30(22)14-8-2;1-6-8-19-15(23)14-13-12-20(17(25)26-18(3,4)5)10-11-21(13)16(24)22(14)9-7-2;1-10-8-4-2-7(6-9)3-5-8/h7-12H,1-2,13-18H2,3-6H3;6-7H,1-2,8-12H2,3-5H3,(H,19,23);2-5H,6H2,1H3. The Bertz CT molecular complexity index is 2620. The second-order valence-electron chi connectivity index (χ2n) is 18.4. The summed E-state index contributed by atoms with van der Waals surface area (Å²) in [6, 6.07) is 15.4. The van der Waals surface area contributed by atoms with Gasteiger partial charge in [0.25, 0.3) is 11.8 Å². The third-order valence-corrected chi connectivity index (χ3v) is 11.4. The van der Waals surface area contributed by atoms with Crippen LogP contribution >= 0.6 is 15.9 Å². The van der Waals surface area contributed by atoms with Gasteiger partial charge in [0.1, 0.15) is 34.1 Å². The fraction of sp³-hybridized carbons (Fsp3) is 0.423. The molecule has 0 fully saturated rings. The second kappa shape index (κ2) is 25.7. The van der Waals surface area contributed by atoms with Crippen molar-refractivity contribution >= 4 is 39.9 Å². The molecule has 19 heteroatoms. The average molecular weight is 1050 g/mol. The summed E-state index contributed by atoms with van der Waals surface area (Å²) in [7, 11) is 3.27. The largest absolute Gasteiger partial charge is 0.497 e. The first kappa shape index (κ1) is 56.6. The molecule has 384 valence electrons. The van der Waals surface area contributed by atoms with Crippen LogP contribution in [0.1, 0.15) is 85.0 Å². The Labute approximate surface area is 424 Å². The van der Waals surface area contributed by atoms with Crippen molar-refractivity contribution in [1.82, 2.24) is 38.3 Å². The zero-order chi connectivity index (χ0) is 52.6. The Morgan fingerprint density at radius 2 is 1.08 bits per heavy atom. The smallest absolute Gasteiger partial charge is 0.410 e. The first-order valence-corrected chi connectivity index (χ1v) is 24.2. The molecule has 2 aromatic carbocycles. The molecule has 0 saturated carbocycles. The number of alkyl halides is 1. The zero-order valence-electron chi connectivity index (χ0n) is 42.3. The van der Waals surface area contributed by atoms with Crippen molar-refractivity contribution in [1.29, 1.82) is 0 Å². The normalized spacial score (nSPS) is 12.8. The van der Waals surface area contributed by atoms with Gasteiger partial charge in [-0.05, 0) is 76.9 Å². The van der Waals surface area contributed by atoms with Crippen LogP contribution in [0.3, 0.4) is 0 Å². The van der Waals surface area contributed by atoms with E-state index in [-0.39, 0.29) is 80.4 Å². The van der Waals surface area contributed by atoms with E-state index in [4.69, 9.17) is 18.9 Å². The first-order chi connectivity index (χ1) is 33.6. The lowest BCUT2D eigenvalue weighted by Gasteiger charge is -2.31. The molecule has 0 aliphatic carbocycles. The van der Waals surface area contributed by atoms with Crippen LogP contribution in [-0.4, -0.2) is 109 Å². The molecule has 2 aliphatic rings. The van der Waals surface area contributed by atoms with Crippen LogP contribution < -0.4 is 26.2 Å². The minimum Gasteiger partial charge on any atom is -0.497 e. The van der Waals surface area contributed by atoms with Crippen LogP contribution in [0.15, 0.2) is 109 Å². The number of halogens is 1. The van der Waals surface area contributed by atoms with Gasteiger partial charge in [-0.1, -0.05) is 64.5 Å². The summed E-state index contributed by atoms with van der Waals surface area (Å²) in [5.41, 5.74) is 1.79. The minimum atomic E-state index is -0.652. The molecule has 4 amide bonds. The SMILES string of the molecule is C=CCN(Cc1ccc(OC)cc1)C(=O)c1c2n(c(=O)n1CC=C)CCN(C(=O)OC(C)(C)C)C2.C=CCNC(=O)c1c2n(c(=O)n1CC=C)CCN(C(=O)OC(C)(C)C)C2.COc1ccc(CBr)cc1. The van der Waals surface area contributed by atoms with Gasteiger partial charge in [-0.25, -0.2) is 19.2 Å². The van der Waals surface area contributed by atoms with Gasteiger partial charge in [-0.3, -0.25) is 27.9 Å². The van der Waals surface area contributed by atoms with Gasteiger partial charge < -0.3 is 39.0 Å². The monoisotopic (exact) mass is 1040 g/mol. The quantitative estimate of drug-likeness (QED) is 0.0925. The van der Waals surface area contributed by atoms with Crippen LogP contribution in [-0.2, 0) is 60.6 Å². The van der Waals surface area contributed by atoms with Crippen molar-refractivity contribution < 1.29 is 38.1 Å². The van der Waals surface area contributed by atoms with Crippen LogP contribution in [0.2, 0.25) is 0 Å². The number of nitrogens with one attached hydrogen (secondary N) is 1. The molecule has 0 bridgehead atoms. The third-order valence-electron chi connectivity index (χ3n) is 10.8. The fourth-order valence-electron chi connectivity index (χ4n) is 7.52. The molecule has 1 N–H and O–H groups in total. The number of nitrogens with zero attached hydrogens (tertiary/aromatic N) is 7. The summed E-state index contributed by atoms with van der Waals surface area (Å²) >= 11 is 3.36. The Morgan fingerprint density at radius 1 is 0.648 bits per heavy atom. The van der Waals surface area contributed by atoms with E-state index in [1.165, 1.54) is 29.1 Å². The summed E-state index contributed by atoms with van der Waals surface area (Å²) in [6.07, 6.45) is 5.40. The van der Waals surface area contributed by atoms with Crippen LogP contribution in [0.4, 0.5) is 9.59 Å². The summed E-state index contributed by atoms with van der Waals surface area (Å²) in [5.74, 6) is 0.923. The highest BCUT2D eigenvalue weighted by Crippen LogP contribution is 2.23. The van der Waals surface area contributed by atoms with Crippen LogP contribution in [0.5, 0.6) is 11.5 Å². The van der Waals surface area contributed by atoms with Gasteiger partial charge in [-0.15, -0.1) is 26.3 Å². The number of imidazole rings is 2. The predicted molar refractivity (Wildman–Crippen MR) is 277 cm³/mol. The molecule has 2 aromatic heterocycles. The number of hydrogen-bond donors (Lipinski definition) is 1. The Hall–Kier alpha value is -7.02.